The largest absolute Gasteiger partial charge is 0.0895 e. The summed E-state index contributed by atoms with van der Waals surface area (Å²) in [6, 6.07) is 0.176. The monoisotopic (exact) mass is 253 g/mol. The maximum Gasteiger partial charge on any atom is 0.0489 e. The van der Waals surface area contributed by atoms with Crippen LogP contribution in [0.15, 0.2) is 5.11 Å². The molecule has 2 unspecified atom stereocenters. The highest BCUT2D eigenvalue weighted by atomic mass is 127. The lowest BCUT2D eigenvalue weighted by molar-refractivity contribution is 0.615. The molecule has 0 aromatic rings. The second kappa shape index (κ2) is 5.80. The Kier molecular flexibility index (Phi) is 5.82. The fourth-order valence-electron chi connectivity index (χ4n) is 0.748. The first-order valence-corrected chi connectivity index (χ1v) is 4.69. The molecule has 0 saturated carbocycles. The molecule has 10 heavy (non-hydrogen) atoms. The topological polar surface area (TPSA) is 48.8 Å². The molecule has 0 spiro atoms. The summed E-state index contributed by atoms with van der Waals surface area (Å²) in [7, 11) is 0. The van der Waals surface area contributed by atoms with Gasteiger partial charge in [0.05, 0.1) is 0 Å². The molecule has 0 bridgehead atoms. The molecule has 0 N–H and O–H groups in total. The maximum absolute atomic E-state index is 8.17. The number of rotatable bonds is 4. The molecule has 0 rings (SSSR count). The summed E-state index contributed by atoms with van der Waals surface area (Å²) < 4.78 is 0.485. The minimum atomic E-state index is 0.176. The Morgan fingerprint density at radius 2 is 2.10 bits per heavy atom. The van der Waals surface area contributed by atoms with Gasteiger partial charge in [0.1, 0.15) is 0 Å². The summed E-state index contributed by atoms with van der Waals surface area (Å²) in [6.07, 6.45) is 2.00. The van der Waals surface area contributed by atoms with Crippen molar-refractivity contribution in [1.82, 2.24) is 0 Å². The highest BCUT2D eigenvalue weighted by Crippen LogP contribution is 2.16. The highest BCUT2D eigenvalue weighted by molar-refractivity contribution is 14.1. The second-order valence-corrected chi connectivity index (χ2v) is 3.70. The minimum Gasteiger partial charge on any atom is -0.0895 e. The van der Waals surface area contributed by atoms with Crippen LogP contribution < -0.4 is 0 Å². The van der Waals surface area contributed by atoms with E-state index in [2.05, 4.69) is 39.5 Å². The number of nitrogens with zero attached hydrogens (tertiary/aromatic N) is 3. The Hall–Kier alpha value is 0.0400. The van der Waals surface area contributed by atoms with Crippen LogP contribution in [0.25, 0.3) is 10.4 Å². The van der Waals surface area contributed by atoms with Gasteiger partial charge in [-0.3, -0.25) is 0 Å². The molecule has 0 radical (unpaired) electrons. The van der Waals surface area contributed by atoms with Gasteiger partial charge in [0.15, 0.2) is 0 Å². The van der Waals surface area contributed by atoms with Crippen molar-refractivity contribution in [2.75, 3.05) is 0 Å². The van der Waals surface area contributed by atoms with Crippen LogP contribution in [0.5, 0.6) is 0 Å². The highest BCUT2D eigenvalue weighted by Gasteiger charge is 2.12. The SMILES string of the molecule is CCC(I)C(CC)N=[N+]=[N-]. The van der Waals surface area contributed by atoms with Crippen LogP contribution in [0.1, 0.15) is 26.7 Å². The molecule has 58 valence electrons. The van der Waals surface area contributed by atoms with Crippen LogP contribution in [0, 0.1) is 0 Å². The van der Waals surface area contributed by atoms with E-state index < -0.39 is 0 Å². The van der Waals surface area contributed by atoms with Gasteiger partial charge in [-0.15, -0.1) is 0 Å². The van der Waals surface area contributed by atoms with Gasteiger partial charge < -0.3 is 0 Å². The Morgan fingerprint density at radius 3 is 2.40 bits per heavy atom. The molecule has 0 fully saturated rings. The van der Waals surface area contributed by atoms with E-state index in [4.69, 9.17) is 5.53 Å². The first-order chi connectivity index (χ1) is 4.76. The fraction of sp³-hybridized carbons (Fsp3) is 1.00. The zero-order valence-corrected chi connectivity index (χ0v) is 8.45. The van der Waals surface area contributed by atoms with E-state index in [1.54, 1.807) is 0 Å². The number of azide groups is 1. The zero-order chi connectivity index (χ0) is 7.98. The summed E-state index contributed by atoms with van der Waals surface area (Å²) in [6.45, 7) is 4.15. The van der Waals surface area contributed by atoms with Crippen molar-refractivity contribution >= 4 is 22.6 Å². The predicted octanol–water partition coefficient (Wildman–Crippen LogP) is 3.29. The van der Waals surface area contributed by atoms with E-state index in [0.29, 0.717) is 3.92 Å². The van der Waals surface area contributed by atoms with E-state index in [1.807, 2.05) is 6.92 Å². The summed E-state index contributed by atoms with van der Waals surface area (Å²) in [5.41, 5.74) is 8.17. The van der Waals surface area contributed by atoms with E-state index >= 15 is 0 Å². The van der Waals surface area contributed by atoms with Gasteiger partial charge in [-0.2, -0.15) is 0 Å². The molecule has 4 heteroatoms. The summed E-state index contributed by atoms with van der Waals surface area (Å²) in [5.74, 6) is 0. The third kappa shape index (κ3) is 3.27. The van der Waals surface area contributed by atoms with Gasteiger partial charge >= 0.3 is 0 Å². The number of hydrogen-bond acceptors (Lipinski definition) is 1. The molecule has 0 amide bonds. The van der Waals surface area contributed by atoms with Crippen molar-refractivity contribution in [3.05, 3.63) is 10.4 Å². The van der Waals surface area contributed by atoms with Gasteiger partial charge in [0.2, 0.25) is 0 Å². The second-order valence-electron chi connectivity index (χ2n) is 2.10. The lowest BCUT2D eigenvalue weighted by atomic mass is 10.1. The third-order valence-corrected chi connectivity index (χ3v) is 3.14. The molecule has 0 saturated heterocycles. The first-order valence-electron chi connectivity index (χ1n) is 3.44. The molecule has 3 nitrogen and oxygen atoms in total. The van der Waals surface area contributed by atoms with Crippen molar-refractivity contribution in [3.63, 3.8) is 0 Å². The lowest BCUT2D eigenvalue weighted by Crippen LogP contribution is -2.15. The number of alkyl halides is 1. The van der Waals surface area contributed by atoms with E-state index in [9.17, 15) is 0 Å². The molecule has 0 aliphatic carbocycles. The maximum atomic E-state index is 8.17. The quantitative estimate of drug-likeness (QED) is 0.243. The van der Waals surface area contributed by atoms with Crippen molar-refractivity contribution in [1.29, 1.82) is 0 Å². The van der Waals surface area contributed by atoms with Crippen LogP contribution in [-0.2, 0) is 0 Å². The normalized spacial score (nSPS) is 15.5. The predicted molar refractivity (Wildman–Crippen MR) is 51.3 cm³/mol. The number of hydrogen-bond donors (Lipinski definition) is 0. The van der Waals surface area contributed by atoms with Crippen LogP contribution in [0.2, 0.25) is 0 Å². The van der Waals surface area contributed by atoms with Crippen molar-refractivity contribution < 1.29 is 0 Å². The van der Waals surface area contributed by atoms with Crippen LogP contribution >= 0.6 is 22.6 Å². The van der Waals surface area contributed by atoms with Gasteiger partial charge in [-0.05, 0) is 18.4 Å². The zero-order valence-electron chi connectivity index (χ0n) is 6.29. The van der Waals surface area contributed by atoms with E-state index in [-0.39, 0.29) is 6.04 Å². The van der Waals surface area contributed by atoms with Gasteiger partial charge in [0.25, 0.3) is 0 Å². The van der Waals surface area contributed by atoms with Gasteiger partial charge in [-0.25, -0.2) is 0 Å². The van der Waals surface area contributed by atoms with Crippen molar-refractivity contribution in [2.24, 2.45) is 5.11 Å². The first kappa shape index (κ1) is 10.0. The Morgan fingerprint density at radius 1 is 1.50 bits per heavy atom. The van der Waals surface area contributed by atoms with Crippen LogP contribution in [0.3, 0.4) is 0 Å². The Labute approximate surface area is 75.0 Å². The molecule has 0 aliphatic rings. The molecule has 0 aromatic heterocycles. The standard InChI is InChI=1S/C6H12IN3/c1-3-5(7)6(4-2)9-10-8/h5-6H,3-4H2,1-2H3. The van der Waals surface area contributed by atoms with Crippen LogP contribution in [-0.4, -0.2) is 9.97 Å². The van der Waals surface area contributed by atoms with E-state index in [0.717, 1.165) is 12.8 Å². The molecular formula is C6H12IN3. The third-order valence-electron chi connectivity index (χ3n) is 1.43. The minimum absolute atomic E-state index is 0.176. The molecule has 0 aliphatic heterocycles. The summed E-state index contributed by atoms with van der Waals surface area (Å²) >= 11 is 2.33. The van der Waals surface area contributed by atoms with Gasteiger partial charge in [0, 0.05) is 14.9 Å². The average Bonchev–Trinajstić information content (AvgIpc) is 1.99. The molecule has 0 heterocycles. The van der Waals surface area contributed by atoms with Crippen molar-refractivity contribution in [3.8, 4) is 0 Å². The summed E-state index contributed by atoms with van der Waals surface area (Å²) in [4.78, 5) is 2.80. The Bertz CT molecular complexity index is 131. The smallest absolute Gasteiger partial charge is 0.0489 e. The molecule has 2 atom stereocenters. The Balaban J connectivity index is 3.91. The fourth-order valence-corrected chi connectivity index (χ4v) is 1.40. The molecular weight excluding hydrogens is 241 g/mol. The van der Waals surface area contributed by atoms with E-state index in [1.165, 1.54) is 0 Å². The molecule has 0 aromatic carbocycles. The number of halogens is 1. The van der Waals surface area contributed by atoms with Gasteiger partial charge in [-0.1, -0.05) is 41.6 Å². The van der Waals surface area contributed by atoms with Crippen molar-refractivity contribution in [2.45, 2.75) is 36.7 Å². The summed E-state index contributed by atoms with van der Waals surface area (Å²) in [5, 5.41) is 3.69. The average molecular weight is 253 g/mol. The van der Waals surface area contributed by atoms with Crippen LogP contribution in [0.4, 0.5) is 0 Å². The lowest BCUT2D eigenvalue weighted by Gasteiger charge is -2.12.